The number of urea groups is 1. The third-order valence-electron chi connectivity index (χ3n) is 5.96. The molecule has 0 bridgehead atoms. The molecule has 7 nitrogen and oxygen atoms in total. The molecule has 1 aromatic heterocycles. The summed E-state index contributed by atoms with van der Waals surface area (Å²) >= 11 is 0. The second kappa shape index (κ2) is 6.45. The summed E-state index contributed by atoms with van der Waals surface area (Å²) in [6.45, 7) is 3.24. The van der Waals surface area contributed by atoms with Crippen LogP contribution in [0.15, 0.2) is 59.0 Å². The molecule has 4 amide bonds. The van der Waals surface area contributed by atoms with Crippen molar-refractivity contribution < 1.29 is 18.8 Å². The minimum Gasteiger partial charge on any atom is -0.458 e. The Morgan fingerprint density at radius 1 is 1.17 bits per heavy atom. The van der Waals surface area contributed by atoms with Crippen molar-refractivity contribution in [1.82, 2.24) is 10.2 Å². The first-order chi connectivity index (χ1) is 14.4. The smallest absolute Gasteiger partial charge is 0.325 e. The van der Waals surface area contributed by atoms with Gasteiger partial charge in [0.2, 0.25) is 5.91 Å². The van der Waals surface area contributed by atoms with E-state index in [0.29, 0.717) is 11.3 Å². The molecule has 5 rings (SSSR count). The summed E-state index contributed by atoms with van der Waals surface area (Å²) in [7, 11) is 0. The largest absolute Gasteiger partial charge is 0.458 e. The number of nitrogens with zero attached hydrogens (tertiary/aromatic N) is 2. The van der Waals surface area contributed by atoms with Crippen molar-refractivity contribution in [1.29, 1.82) is 0 Å². The van der Waals surface area contributed by atoms with Crippen LogP contribution in [-0.4, -0.2) is 35.3 Å². The molecule has 7 heteroatoms. The number of fused-ring (bicyclic) bond motifs is 2. The Morgan fingerprint density at radius 2 is 1.90 bits per heavy atom. The van der Waals surface area contributed by atoms with Gasteiger partial charge in [0.05, 0.1) is 0 Å². The van der Waals surface area contributed by atoms with E-state index in [1.54, 1.807) is 24.0 Å². The lowest BCUT2D eigenvalue weighted by molar-refractivity contribution is -0.134. The predicted molar refractivity (Wildman–Crippen MR) is 111 cm³/mol. The van der Waals surface area contributed by atoms with E-state index in [-0.39, 0.29) is 18.5 Å². The number of para-hydroxylation sites is 2. The van der Waals surface area contributed by atoms with Gasteiger partial charge in [-0.2, -0.15) is 0 Å². The minimum atomic E-state index is -1.36. The van der Waals surface area contributed by atoms with Gasteiger partial charge in [-0.25, -0.2) is 4.79 Å². The number of nitrogens with one attached hydrogen (secondary N) is 1. The fraction of sp³-hybridized carbons (Fsp3) is 0.261. The van der Waals surface area contributed by atoms with E-state index in [4.69, 9.17) is 4.42 Å². The van der Waals surface area contributed by atoms with Crippen LogP contribution in [0.1, 0.15) is 25.2 Å². The molecule has 0 radical (unpaired) electrons. The third-order valence-corrected chi connectivity index (χ3v) is 5.96. The number of hydrogen-bond donors (Lipinski definition) is 1. The van der Waals surface area contributed by atoms with Crippen molar-refractivity contribution in [2.45, 2.75) is 31.8 Å². The summed E-state index contributed by atoms with van der Waals surface area (Å²) < 4.78 is 5.83. The second-order valence-corrected chi connectivity index (χ2v) is 8.04. The molecule has 2 aliphatic heterocycles. The SMILES string of the molecule is CC1Cc2ccccc2N1C(=O)CN1C(=O)NC(C)(c2cc3ccccc3o2)C1=O. The first-order valence-electron chi connectivity index (χ1n) is 9.91. The maximum atomic E-state index is 13.2. The van der Waals surface area contributed by atoms with Gasteiger partial charge in [0.25, 0.3) is 5.91 Å². The Morgan fingerprint density at radius 3 is 2.70 bits per heavy atom. The van der Waals surface area contributed by atoms with Crippen LogP contribution >= 0.6 is 0 Å². The molecule has 152 valence electrons. The number of benzene rings is 2. The maximum absolute atomic E-state index is 13.2. The molecule has 3 aromatic rings. The Bertz CT molecular complexity index is 1170. The fourth-order valence-electron chi connectivity index (χ4n) is 4.39. The molecule has 1 fully saturated rings. The molecular weight excluding hydrogens is 382 g/mol. The van der Waals surface area contributed by atoms with Crippen LogP contribution in [0, 0.1) is 0 Å². The number of carbonyl (C=O) groups is 3. The van der Waals surface area contributed by atoms with Crippen LogP contribution < -0.4 is 10.2 Å². The molecule has 1 saturated heterocycles. The van der Waals surface area contributed by atoms with Gasteiger partial charge in [-0.3, -0.25) is 14.5 Å². The lowest BCUT2D eigenvalue weighted by Gasteiger charge is -2.25. The highest BCUT2D eigenvalue weighted by atomic mass is 16.3. The van der Waals surface area contributed by atoms with Crippen LogP contribution in [0.2, 0.25) is 0 Å². The Balaban J connectivity index is 1.41. The zero-order valence-corrected chi connectivity index (χ0v) is 16.7. The Labute approximate surface area is 173 Å². The molecular formula is C23H21N3O4. The summed E-state index contributed by atoms with van der Waals surface area (Å²) in [5.41, 5.74) is 1.20. The van der Waals surface area contributed by atoms with Crippen LogP contribution in [0.25, 0.3) is 11.0 Å². The van der Waals surface area contributed by atoms with Gasteiger partial charge in [-0.15, -0.1) is 0 Å². The summed E-state index contributed by atoms with van der Waals surface area (Å²) in [4.78, 5) is 41.6. The van der Waals surface area contributed by atoms with E-state index < -0.39 is 17.5 Å². The Hall–Kier alpha value is -3.61. The second-order valence-electron chi connectivity index (χ2n) is 8.04. The summed E-state index contributed by atoms with van der Waals surface area (Å²) in [5.74, 6) is -0.443. The van der Waals surface area contributed by atoms with Crippen molar-refractivity contribution in [3.63, 3.8) is 0 Å². The molecule has 3 heterocycles. The normalized spacial score (nSPS) is 23.2. The number of carbonyl (C=O) groups excluding carboxylic acids is 3. The van der Waals surface area contributed by atoms with Crippen LogP contribution in [0.5, 0.6) is 0 Å². The van der Waals surface area contributed by atoms with Gasteiger partial charge in [0.1, 0.15) is 17.9 Å². The lowest BCUT2D eigenvalue weighted by atomic mass is 9.99. The molecule has 2 aliphatic rings. The van der Waals surface area contributed by atoms with E-state index in [1.807, 2.05) is 49.4 Å². The van der Waals surface area contributed by atoms with E-state index in [9.17, 15) is 14.4 Å². The van der Waals surface area contributed by atoms with Crippen molar-refractivity contribution in [2.24, 2.45) is 0 Å². The van der Waals surface area contributed by atoms with Crippen molar-refractivity contribution in [3.05, 3.63) is 65.9 Å². The number of imide groups is 1. The standard InChI is InChI=1S/C23H21N3O4/c1-14-11-15-7-3-5-9-17(15)26(14)20(27)13-25-21(28)23(2,24-22(25)29)19-12-16-8-4-6-10-18(16)30-19/h3-10,12,14H,11,13H2,1-2H3,(H,24,29). The summed E-state index contributed by atoms with van der Waals surface area (Å²) in [5, 5.41) is 3.55. The van der Waals surface area contributed by atoms with E-state index in [1.165, 1.54) is 0 Å². The van der Waals surface area contributed by atoms with Gasteiger partial charge in [-0.1, -0.05) is 36.4 Å². The minimum absolute atomic E-state index is 0.0302. The van der Waals surface area contributed by atoms with Gasteiger partial charge in [-0.05, 0) is 44.0 Å². The number of anilines is 1. The quantitative estimate of drug-likeness (QED) is 0.681. The van der Waals surface area contributed by atoms with Crippen LogP contribution in [0.3, 0.4) is 0 Å². The average molecular weight is 403 g/mol. The van der Waals surface area contributed by atoms with Gasteiger partial charge in [0.15, 0.2) is 5.54 Å². The number of furan rings is 1. The molecule has 0 saturated carbocycles. The van der Waals surface area contributed by atoms with E-state index >= 15 is 0 Å². The van der Waals surface area contributed by atoms with Gasteiger partial charge < -0.3 is 14.6 Å². The first-order valence-corrected chi connectivity index (χ1v) is 9.91. The van der Waals surface area contributed by atoms with Crippen molar-refractivity contribution in [3.8, 4) is 0 Å². The van der Waals surface area contributed by atoms with Crippen LogP contribution in [-0.2, 0) is 21.5 Å². The first kappa shape index (κ1) is 18.4. The van der Waals surface area contributed by atoms with Crippen LogP contribution in [0.4, 0.5) is 10.5 Å². The zero-order valence-electron chi connectivity index (χ0n) is 16.7. The summed E-state index contributed by atoms with van der Waals surface area (Å²) in [6, 6.07) is 16.2. The fourth-order valence-corrected chi connectivity index (χ4v) is 4.39. The maximum Gasteiger partial charge on any atom is 0.325 e. The predicted octanol–water partition coefficient (Wildman–Crippen LogP) is 3.18. The Kier molecular flexibility index (Phi) is 3.96. The highest BCUT2D eigenvalue weighted by molar-refractivity contribution is 6.11. The van der Waals surface area contributed by atoms with Crippen molar-refractivity contribution >= 4 is 34.5 Å². The number of rotatable bonds is 3. The monoisotopic (exact) mass is 403 g/mol. The van der Waals surface area contributed by atoms with E-state index in [0.717, 1.165) is 28.0 Å². The van der Waals surface area contributed by atoms with E-state index in [2.05, 4.69) is 5.32 Å². The van der Waals surface area contributed by atoms with Gasteiger partial charge in [0, 0.05) is 17.1 Å². The summed E-state index contributed by atoms with van der Waals surface area (Å²) in [6.07, 6.45) is 0.749. The number of hydrogen-bond acceptors (Lipinski definition) is 4. The van der Waals surface area contributed by atoms with Crippen molar-refractivity contribution in [2.75, 3.05) is 11.4 Å². The molecule has 2 unspecified atom stereocenters. The molecule has 1 N–H and O–H groups in total. The number of amides is 4. The van der Waals surface area contributed by atoms with Gasteiger partial charge >= 0.3 is 6.03 Å². The third kappa shape index (κ3) is 2.62. The molecule has 0 spiro atoms. The highest BCUT2D eigenvalue weighted by Gasteiger charge is 2.52. The molecule has 2 atom stereocenters. The average Bonchev–Trinajstić information content (AvgIpc) is 3.36. The highest BCUT2D eigenvalue weighted by Crippen LogP contribution is 2.35. The zero-order chi connectivity index (χ0) is 21.0. The molecule has 2 aromatic carbocycles. The molecule has 30 heavy (non-hydrogen) atoms. The topological polar surface area (TPSA) is 82.9 Å². The lowest BCUT2D eigenvalue weighted by Crippen LogP contribution is -2.46. The molecule has 0 aliphatic carbocycles.